The van der Waals surface area contributed by atoms with Gasteiger partial charge in [0.2, 0.25) is 5.91 Å². The van der Waals surface area contributed by atoms with Crippen LogP contribution in [0.2, 0.25) is 0 Å². The molecule has 32 heavy (non-hydrogen) atoms. The number of fused-ring (bicyclic) bond motifs is 1. The zero-order chi connectivity index (χ0) is 23.1. The number of piperazine rings is 1. The maximum absolute atomic E-state index is 13.2. The van der Waals surface area contributed by atoms with Crippen LogP contribution in [0, 0.1) is 0 Å². The number of benzene rings is 1. The minimum absolute atomic E-state index is 0.291. The Kier molecular flexibility index (Phi) is 5.60. The van der Waals surface area contributed by atoms with Crippen LogP contribution in [0.5, 0.6) is 0 Å². The van der Waals surface area contributed by atoms with E-state index in [-0.39, 0.29) is 18.4 Å². The fourth-order valence-corrected chi connectivity index (χ4v) is 4.54. The Morgan fingerprint density at radius 2 is 1.66 bits per heavy atom. The van der Waals surface area contributed by atoms with E-state index < -0.39 is 23.3 Å². The Morgan fingerprint density at radius 1 is 1.03 bits per heavy atom. The molecule has 2 fully saturated rings. The van der Waals surface area contributed by atoms with Crippen LogP contribution in [0.3, 0.4) is 0 Å². The van der Waals surface area contributed by atoms with Gasteiger partial charge >= 0.3 is 12.1 Å². The Labute approximate surface area is 187 Å². The molecular formula is C23H30N4O5. The summed E-state index contributed by atoms with van der Waals surface area (Å²) in [5.41, 5.74) is 0.695. The number of rotatable bonds is 2. The van der Waals surface area contributed by atoms with Crippen molar-refractivity contribution in [2.45, 2.75) is 51.2 Å². The first kappa shape index (κ1) is 22.1. The number of urea groups is 1. The Hall–Kier alpha value is -3.10. The monoisotopic (exact) mass is 442 g/mol. The van der Waals surface area contributed by atoms with Crippen LogP contribution in [0.25, 0.3) is 0 Å². The fourth-order valence-electron chi connectivity index (χ4n) is 4.54. The molecule has 172 valence electrons. The predicted octanol–water partition coefficient (Wildman–Crippen LogP) is 1.55. The van der Waals surface area contributed by atoms with E-state index in [1.165, 1.54) is 5.56 Å². The second kappa shape index (κ2) is 8.11. The Bertz CT molecular complexity index is 948. The van der Waals surface area contributed by atoms with Crippen LogP contribution in [0.15, 0.2) is 24.3 Å². The molecule has 0 saturated carbocycles. The molecule has 0 bridgehead atoms. The third-order valence-corrected chi connectivity index (χ3v) is 6.26. The van der Waals surface area contributed by atoms with E-state index in [2.05, 4.69) is 5.32 Å². The van der Waals surface area contributed by atoms with Crippen molar-refractivity contribution in [1.82, 2.24) is 20.0 Å². The van der Waals surface area contributed by atoms with Gasteiger partial charge in [-0.25, -0.2) is 9.59 Å². The maximum Gasteiger partial charge on any atom is 0.410 e. The van der Waals surface area contributed by atoms with Crippen LogP contribution >= 0.6 is 0 Å². The van der Waals surface area contributed by atoms with Gasteiger partial charge in [0.1, 0.15) is 17.7 Å². The topological polar surface area (TPSA) is 99.3 Å². The molecule has 1 spiro atoms. The smallest absolute Gasteiger partial charge is 0.410 e. The molecule has 4 rings (SSSR count). The second-order valence-electron chi connectivity index (χ2n) is 9.70. The average molecular weight is 443 g/mol. The van der Waals surface area contributed by atoms with Gasteiger partial charge in [-0.3, -0.25) is 14.5 Å². The van der Waals surface area contributed by atoms with Crippen molar-refractivity contribution in [3.05, 3.63) is 35.4 Å². The number of carbonyl (C=O) groups is 4. The number of hydrogen-bond acceptors (Lipinski definition) is 5. The van der Waals surface area contributed by atoms with Crippen LogP contribution in [0.1, 0.15) is 38.3 Å². The molecule has 9 nitrogen and oxygen atoms in total. The summed E-state index contributed by atoms with van der Waals surface area (Å²) >= 11 is 0. The van der Waals surface area contributed by atoms with Crippen LogP contribution in [-0.4, -0.2) is 82.5 Å². The normalized spacial score (nSPS) is 23.3. The van der Waals surface area contributed by atoms with Gasteiger partial charge in [0, 0.05) is 32.6 Å². The lowest BCUT2D eigenvalue weighted by Gasteiger charge is -2.36. The molecule has 9 heteroatoms. The van der Waals surface area contributed by atoms with Crippen LogP contribution in [-0.2, 0) is 27.2 Å². The van der Waals surface area contributed by atoms with Gasteiger partial charge in [-0.2, -0.15) is 0 Å². The van der Waals surface area contributed by atoms with Gasteiger partial charge in [0.15, 0.2) is 0 Å². The van der Waals surface area contributed by atoms with Crippen molar-refractivity contribution in [1.29, 1.82) is 0 Å². The van der Waals surface area contributed by atoms with Gasteiger partial charge in [-0.1, -0.05) is 24.3 Å². The summed E-state index contributed by atoms with van der Waals surface area (Å²) in [7, 11) is 0. The standard InChI is InChI=1S/C23H30N4O5/c1-22(2,3)32-21(31)26-12-10-25(11-13-26)18(28)15-27-19(29)23(24-20(27)30)9-8-16-6-4-5-7-17(16)14-23/h4-7H,8-15H2,1-3H3,(H,24,30). The Balaban J connectivity index is 1.35. The van der Waals surface area contributed by atoms with E-state index in [1.807, 2.05) is 24.3 Å². The summed E-state index contributed by atoms with van der Waals surface area (Å²) in [6.45, 7) is 6.49. The number of hydrogen-bond donors (Lipinski definition) is 1. The zero-order valence-corrected chi connectivity index (χ0v) is 18.8. The maximum atomic E-state index is 13.2. The summed E-state index contributed by atoms with van der Waals surface area (Å²) in [5.74, 6) is -0.636. The zero-order valence-electron chi connectivity index (χ0n) is 18.8. The van der Waals surface area contributed by atoms with E-state index in [1.54, 1.807) is 30.6 Å². The van der Waals surface area contributed by atoms with Gasteiger partial charge in [-0.15, -0.1) is 0 Å². The van der Waals surface area contributed by atoms with Crippen molar-refractivity contribution in [2.24, 2.45) is 0 Å². The molecule has 1 atom stereocenters. The first-order chi connectivity index (χ1) is 15.1. The minimum atomic E-state index is -0.971. The molecule has 1 aliphatic carbocycles. The highest BCUT2D eigenvalue weighted by Crippen LogP contribution is 2.33. The van der Waals surface area contributed by atoms with Crippen molar-refractivity contribution in [3.63, 3.8) is 0 Å². The number of amides is 5. The third kappa shape index (κ3) is 4.28. The largest absolute Gasteiger partial charge is 0.444 e. The van der Waals surface area contributed by atoms with Crippen molar-refractivity contribution < 1.29 is 23.9 Å². The molecule has 1 aromatic carbocycles. The highest BCUT2D eigenvalue weighted by Gasteiger charge is 2.52. The number of nitrogens with one attached hydrogen (secondary N) is 1. The summed E-state index contributed by atoms with van der Waals surface area (Å²) < 4.78 is 5.38. The highest BCUT2D eigenvalue weighted by molar-refractivity contribution is 6.09. The molecule has 0 radical (unpaired) electrons. The van der Waals surface area contributed by atoms with Crippen LogP contribution in [0.4, 0.5) is 9.59 Å². The molecule has 2 saturated heterocycles. The van der Waals surface area contributed by atoms with E-state index >= 15 is 0 Å². The van der Waals surface area contributed by atoms with E-state index in [4.69, 9.17) is 4.74 Å². The first-order valence-corrected chi connectivity index (χ1v) is 11.0. The summed E-state index contributed by atoms with van der Waals surface area (Å²) in [6, 6.07) is 7.40. The predicted molar refractivity (Wildman–Crippen MR) is 116 cm³/mol. The van der Waals surface area contributed by atoms with Gasteiger partial charge < -0.3 is 19.9 Å². The Morgan fingerprint density at radius 3 is 2.31 bits per heavy atom. The van der Waals surface area contributed by atoms with E-state index in [0.717, 1.165) is 10.5 Å². The van der Waals surface area contributed by atoms with Gasteiger partial charge in [0.25, 0.3) is 5.91 Å². The number of aryl methyl sites for hydroxylation is 1. The molecule has 3 aliphatic rings. The summed E-state index contributed by atoms with van der Waals surface area (Å²) in [6.07, 6.45) is 1.26. The lowest BCUT2D eigenvalue weighted by Crippen LogP contribution is -2.54. The lowest BCUT2D eigenvalue weighted by atomic mass is 9.78. The molecule has 0 aromatic heterocycles. The summed E-state index contributed by atoms with van der Waals surface area (Å²) in [5, 5.41) is 2.86. The van der Waals surface area contributed by atoms with E-state index in [0.29, 0.717) is 45.4 Å². The molecule has 2 aliphatic heterocycles. The molecule has 5 amide bonds. The SMILES string of the molecule is CC(C)(C)OC(=O)N1CCN(C(=O)CN2C(=O)NC3(CCc4ccccc4C3)C2=O)CC1. The average Bonchev–Trinajstić information content (AvgIpc) is 2.96. The van der Waals surface area contributed by atoms with Crippen molar-refractivity contribution in [3.8, 4) is 0 Å². The van der Waals surface area contributed by atoms with Crippen molar-refractivity contribution in [2.75, 3.05) is 32.7 Å². The molecule has 1 unspecified atom stereocenters. The number of carbonyl (C=O) groups excluding carboxylic acids is 4. The minimum Gasteiger partial charge on any atom is -0.444 e. The fraction of sp³-hybridized carbons (Fsp3) is 0.565. The molecular weight excluding hydrogens is 412 g/mol. The van der Waals surface area contributed by atoms with E-state index in [9.17, 15) is 19.2 Å². The number of nitrogens with zero attached hydrogens (tertiary/aromatic N) is 3. The number of ether oxygens (including phenoxy) is 1. The molecule has 1 aromatic rings. The molecule has 2 heterocycles. The van der Waals surface area contributed by atoms with Crippen molar-refractivity contribution >= 4 is 23.9 Å². The van der Waals surface area contributed by atoms with Gasteiger partial charge in [-0.05, 0) is 44.7 Å². The lowest BCUT2D eigenvalue weighted by molar-refractivity contribution is -0.140. The highest BCUT2D eigenvalue weighted by atomic mass is 16.6. The van der Waals surface area contributed by atoms with Gasteiger partial charge in [0.05, 0.1) is 0 Å². The summed E-state index contributed by atoms with van der Waals surface area (Å²) in [4.78, 5) is 55.1. The second-order valence-corrected chi connectivity index (χ2v) is 9.70. The number of imide groups is 1. The first-order valence-electron chi connectivity index (χ1n) is 11.0. The molecule has 1 N–H and O–H groups in total. The quantitative estimate of drug-likeness (QED) is 0.701. The third-order valence-electron chi connectivity index (χ3n) is 6.26. The van der Waals surface area contributed by atoms with Crippen LogP contribution < -0.4 is 5.32 Å².